The molecule has 0 aliphatic carbocycles. The van der Waals surface area contributed by atoms with Gasteiger partial charge >= 0.3 is 7.12 Å². The molecule has 0 saturated carbocycles. The quantitative estimate of drug-likeness (QED) is 0.799. The van der Waals surface area contributed by atoms with Gasteiger partial charge < -0.3 is 14.6 Å². The minimum absolute atomic E-state index is 0. The molecule has 17 heavy (non-hydrogen) atoms. The van der Waals surface area contributed by atoms with Gasteiger partial charge in [-0.2, -0.15) is 0 Å². The number of hydrogen-bond acceptors (Lipinski definition) is 3. The Kier molecular flexibility index (Phi) is 4.99. The molecule has 0 amide bonds. The van der Waals surface area contributed by atoms with E-state index in [9.17, 15) is 0 Å². The molecule has 2 N–H and O–H groups in total. The first-order valence-electron chi connectivity index (χ1n) is 5.53. The first-order chi connectivity index (χ1) is 7.72. The van der Waals surface area contributed by atoms with E-state index >= 15 is 0 Å². The van der Waals surface area contributed by atoms with Gasteiger partial charge in [-0.1, -0.05) is 19.4 Å². The van der Waals surface area contributed by atoms with E-state index in [1.165, 1.54) is 0 Å². The molecule has 0 atom stereocenters. The Balaban J connectivity index is 0.00000144. The van der Waals surface area contributed by atoms with Crippen LogP contribution in [-0.4, -0.2) is 26.7 Å². The highest BCUT2D eigenvalue weighted by atomic mass is 35.5. The number of aromatic nitrogens is 2. The van der Waals surface area contributed by atoms with Crippen molar-refractivity contribution in [1.82, 2.24) is 9.55 Å². The minimum Gasteiger partial charge on any atom is -0.423 e. The monoisotopic (exact) mass is 254 g/mol. The lowest BCUT2D eigenvalue weighted by molar-refractivity contribution is 0.426. The molecule has 0 aliphatic heterocycles. The Morgan fingerprint density at radius 2 is 2.12 bits per heavy atom. The lowest BCUT2D eigenvalue weighted by atomic mass is 9.80. The number of halogens is 1. The molecule has 0 aliphatic rings. The van der Waals surface area contributed by atoms with Gasteiger partial charge in [-0.3, -0.25) is 0 Å². The molecule has 92 valence electrons. The largest absolute Gasteiger partial charge is 0.488 e. The number of hydrogen-bond donors (Lipinski definition) is 2. The molecule has 2 aromatic rings. The number of imidazole rings is 1. The third-order valence-electron chi connectivity index (χ3n) is 2.70. The van der Waals surface area contributed by atoms with Gasteiger partial charge in [0.1, 0.15) is 0 Å². The van der Waals surface area contributed by atoms with Crippen LogP contribution in [0.3, 0.4) is 0 Å². The molecule has 0 spiro atoms. The van der Waals surface area contributed by atoms with Crippen LogP contribution in [0.25, 0.3) is 11.0 Å². The van der Waals surface area contributed by atoms with E-state index in [4.69, 9.17) is 10.0 Å². The number of fused-ring (bicyclic) bond motifs is 1. The van der Waals surface area contributed by atoms with Gasteiger partial charge in [0.25, 0.3) is 0 Å². The third kappa shape index (κ3) is 3.00. The van der Waals surface area contributed by atoms with Crippen molar-refractivity contribution in [2.75, 3.05) is 0 Å². The summed E-state index contributed by atoms with van der Waals surface area (Å²) >= 11 is 0. The molecule has 6 heteroatoms. The highest BCUT2D eigenvalue weighted by Gasteiger charge is 2.12. The molecule has 0 unspecified atom stereocenters. The molecule has 4 nitrogen and oxygen atoms in total. The van der Waals surface area contributed by atoms with E-state index < -0.39 is 7.12 Å². The maximum absolute atomic E-state index is 9.05. The fourth-order valence-corrected chi connectivity index (χ4v) is 1.75. The molecule has 0 saturated heterocycles. The summed E-state index contributed by atoms with van der Waals surface area (Å²) in [6.07, 6.45) is 4.07. The van der Waals surface area contributed by atoms with Gasteiger partial charge in [0.2, 0.25) is 0 Å². The summed E-state index contributed by atoms with van der Waals surface area (Å²) in [6.45, 7) is 3.10. The second-order valence-electron chi connectivity index (χ2n) is 3.91. The summed E-state index contributed by atoms with van der Waals surface area (Å²) in [5, 5.41) is 18.1. The van der Waals surface area contributed by atoms with Crippen LogP contribution < -0.4 is 5.46 Å². The van der Waals surface area contributed by atoms with Gasteiger partial charge in [-0.05, 0) is 24.0 Å². The molecule has 0 radical (unpaired) electrons. The van der Waals surface area contributed by atoms with Crippen LogP contribution in [0.5, 0.6) is 0 Å². The second kappa shape index (κ2) is 6.05. The van der Waals surface area contributed by atoms with Crippen LogP contribution in [-0.2, 0) is 6.54 Å². The first-order valence-corrected chi connectivity index (χ1v) is 5.53. The average molecular weight is 255 g/mol. The first kappa shape index (κ1) is 14.0. The van der Waals surface area contributed by atoms with E-state index in [0.717, 1.165) is 30.4 Å². The van der Waals surface area contributed by atoms with Gasteiger partial charge in [-0.15, -0.1) is 12.4 Å². The van der Waals surface area contributed by atoms with Gasteiger partial charge in [0.05, 0.1) is 17.4 Å². The van der Waals surface area contributed by atoms with Crippen LogP contribution in [0, 0.1) is 0 Å². The smallest absolute Gasteiger partial charge is 0.423 e. The van der Waals surface area contributed by atoms with Gasteiger partial charge in [0, 0.05) is 6.54 Å². The predicted molar refractivity (Wildman–Crippen MR) is 71.7 cm³/mol. The normalized spacial score (nSPS) is 10.3. The summed E-state index contributed by atoms with van der Waals surface area (Å²) in [7, 11) is -1.43. The fraction of sp³-hybridized carbons (Fsp3) is 0.364. The van der Waals surface area contributed by atoms with E-state index in [2.05, 4.69) is 16.5 Å². The van der Waals surface area contributed by atoms with Crippen molar-refractivity contribution in [3.8, 4) is 0 Å². The SMILES string of the molecule is CCCCn1cnc2cc(B(O)O)ccc21.Cl. The van der Waals surface area contributed by atoms with Gasteiger partial charge in [0.15, 0.2) is 0 Å². The Labute approximate surface area is 107 Å². The zero-order chi connectivity index (χ0) is 11.5. The molecular formula is C11H16BClN2O2. The summed E-state index contributed by atoms with van der Waals surface area (Å²) in [4.78, 5) is 4.26. The second-order valence-corrected chi connectivity index (χ2v) is 3.91. The predicted octanol–water partition coefficient (Wildman–Crippen LogP) is 0.938. The van der Waals surface area contributed by atoms with Crippen molar-refractivity contribution in [3.63, 3.8) is 0 Å². The van der Waals surface area contributed by atoms with Crippen molar-refractivity contribution in [2.45, 2.75) is 26.3 Å². The summed E-state index contributed by atoms with van der Waals surface area (Å²) in [6, 6.07) is 5.31. The number of aryl methyl sites for hydroxylation is 1. The summed E-state index contributed by atoms with van der Waals surface area (Å²) in [5.41, 5.74) is 2.33. The van der Waals surface area contributed by atoms with Crippen molar-refractivity contribution in [2.24, 2.45) is 0 Å². The van der Waals surface area contributed by atoms with Gasteiger partial charge in [-0.25, -0.2) is 4.98 Å². The van der Waals surface area contributed by atoms with Crippen molar-refractivity contribution >= 4 is 36.0 Å². The number of unbranched alkanes of at least 4 members (excludes halogenated alkanes) is 1. The summed E-state index contributed by atoms with van der Waals surface area (Å²) in [5.74, 6) is 0. The average Bonchev–Trinajstić information content (AvgIpc) is 2.68. The maximum atomic E-state index is 9.05. The zero-order valence-corrected chi connectivity index (χ0v) is 10.5. The molecular weight excluding hydrogens is 238 g/mol. The Morgan fingerprint density at radius 3 is 2.76 bits per heavy atom. The molecule has 0 bridgehead atoms. The van der Waals surface area contributed by atoms with Crippen LogP contribution in [0.1, 0.15) is 19.8 Å². The summed E-state index contributed by atoms with van der Waals surface area (Å²) < 4.78 is 2.09. The maximum Gasteiger partial charge on any atom is 0.488 e. The van der Waals surface area contributed by atoms with Crippen LogP contribution >= 0.6 is 12.4 Å². The van der Waals surface area contributed by atoms with E-state index in [-0.39, 0.29) is 12.4 Å². The topological polar surface area (TPSA) is 58.3 Å². The zero-order valence-electron chi connectivity index (χ0n) is 9.71. The van der Waals surface area contributed by atoms with E-state index in [0.29, 0.717) is 5.46 Å². The number of rotatable bonds is 4. The van der Waals surface area contributed by atoms with Crippen molar-refractivity contribution in [3.05, 3.63) is 24.5 Å². The lowest BCUT2D eigenvalue weighted by Gasteiger charge is -2.03. The van der Waals surface area contributed by atoms with E-state index in [1.54, 1.807) is 18.5 Å². The molecule has 0 fully saturated rings. The lowest BCUT2D eigenvalue weighted by Crippen LogP contribution is -2.29. The standard InChI is InChI=1S/C11H15BN2O2.ClH/c1-2-3-6-14-8-13-10-7-9(12(15)16)4-5-11(10)14;/h4-5,7-8,15-16H,2-3,6H2,1H3;1H. The van der Waals surface area contributed by atoms with Crippen LogP contribution in [0.4, 0.5) is 0 Å². The van der Waals surface area contributed by atoms with E-state index in [1.807, 2.05) is 6.07 Å². The fourth-order valence-electron chi connectivity index (χ4n) is 1.75. The Hall–Kier alpha value is -1.04. The van der Waals surface area contributed by atoms with Crippen molar-refractivity contribution in [1.29, 1.82) is 0 Å². The molecule has 2 rings (SSSR count). The Bertz CT molecular complexity index is 487. The van der Waals surface area contributed by atoms with Crippen LogP contribution in [0.15, 0.2) is 24.5 Å². The minimum atomic E-state index is -1.43. The molecule has 1 heterocycles. The molecule has 1 aromatic carbocycles. The number of nitrogens with zero attached hydrogens (tertiary/aromatic N) is 2. The highest BCUT2D eigenvalue weighted by Crippen LogP contribution is 2.11. The van der Waals surface area contributed by atoms with Crippen LogP contribution in [0.2, 0.25) is 0 Å². The third-order valence-corrected chi connectivity index (χ3v) is 2.70. The highest BCUT2D eigenvalue weighted by molar-refractivity contribution is 6.58. The Morgan fingerprint density at radius 1 is 1.35 bits per heavy atom. The van der Waals surface area contributed by atoms with Crippen molar-refractivity contribution < 1.29 is 10.0 Å². The number of benzene rings is 1. The molecule has 1 aromatic heterocycles.